The molecule has 0 spiro atoms. The summed E-state index contributed by atoms with van der Waals surface area (Å²) in [7, 11) is 0. The van der Waals surface area contributed by atoms with Crippen molar-refractivity contribution in [3.63, 3.8) is 0 Å². The van der Waals surface area contributed by atoms with Crippen LogP contribution in [0.2, 0.25) is 0 Å². The van der Waals surface area contributed by atoms with Crippen molar-refractivity contribution in [1.82, 2.24) is 29.2 Å². The van der Waals surface area contributed by atoms with Crippen molar-refractivity contribution in [3.05, 3.63) is 42.1 Å². The van der Waals surface area contributed by atoms with Gasteiger partial charge in [-0.25, -0.2) is 9.97 Å². The molecule has 1 amide bonds. The molecule has 1 aliphatic heterocycles. The molecule has 0 bridgehead atoms. The summed E-state index contributed by atoms with van der Waals surface area (Å²) >= 11 is 0. The molecule has 1 aliphatic rings. The highest BCUT2D eigenvalue weighted by Gasteiger charge is 2.32. The lowest BCUT2D eigenvalue weighted by atomic mass is 10.1. The number of rotatable bonds is 4. The highest BCUT2D eigenvalue weighted by atomic mass is 16.2. The van der Waals surface area contributed by atoms with Gasteiger partial charge < -0.3 is 9.47 Å². The zero-order valence-electron chi connectivity index (χ0n) is 14.6. The van der Waals surface area contributed by atoms with E-state index in [1.54, 1.807) is 23.1 Å². The Bertz CT molecular complexity index is 911. The van der Waals surface area contributed by atoms with Crippen LogP contribution >= 0.6 is 0 Å². The number of aryl methyl sites for hydroxylation is 2. The molecule has 3 aromatic heterocycles. The number of nitrogens with zero attached hydrogens (tertiary/aromatic N) is 6. The maximum absolute atomic E-state index is 12.8. The summed E-state index contributed by atoms with van der Waals surface area (Å²) in [4.78, 5) is 24.0. The minimum absolute atomic E-state index is 0.0548. The van der Waals surface area contributed by atoms with Gasteiger partial charge in [-0.15, -0.1) is 0 Å². The predicted octanol–water partition coefficient (Wildman–Crippen LogP) is 2.30. The first kappa shape index (κ1) is 15.8. The molecule has 0 aromatic carbocycles. The van der Waals surface area contributed by atoms with Crippen LogP contribution in [-0.2, 0) is 13.1 Å². The summed E-state index contributed by atoms with van der Waals surface area (Å²) in [5.41, 5.74) is 2.51. The topological polar surface area (TPSA) is 68.8 Å². The van der Waals surface area contributed by atoms with Gasteiger partial charge in [-0.2, -0.15) is 5.10 Å². The largest absolute Gasteiger partial charge is 0.337 e. The van der Waals surface area contributed by atoms with Crippen LogP contribution in [0, 0.1) is 0 Å². The van der Waals surface area contributed by atoms with Crippen molar-refractivity contribution in [2.75, 3.05) is 13.1 Å². The van der Waals surface area contributed by atoms with E-state index in [-0.39, 0.29) is 11.8 Å². The van der Waals surface area contributed by atoms with Crippen LogP contribution in [0.25, 0.3) is 11.2 Å². The first-order valence-corrected chi connectivity index (χ1v) is 8.85. The fraction of sp³-hybridized carbons (Fsp3) is 0.444. The van der Waals surface area contributed by atoms with Gasteiger partial charge >= 0.3 is 0 Å². The van der Waals surface area contributed by atoms with Gasteiger partial charge in [0, 0.05) is 44.5 Å². The number of hydrogen-bond acceptors (Lipinski definition) is 4. The van der Waals surface area contributed by atoms with Crippen molar-refractivity contribution in [2.45, 2.75) is 39.3 Å². The van der Waals surface area contributed by atoms with E-state index in [1.807, 2.05) is 24.0 Å². The Morgan fingerprint density at radius 1 is 1.24 bits per heavy atom. The molecule has 0 unspecified atom stereocenters. The number of amides is 1. The minimum Gasteiger partial charge on any atom is -0.337 e. The van der Waals surface area contributed by atoms with Gasteiger partial charge in [0.15, 0.2) is 5.65 Å². The van der Waals surface area contributed by atoms with Crippen molar-refractivity contribution >= 4 is 17.1 Å². The van der Waals surface area contributed by atoms with E-state index in [1.165, 1.54) is 0 Å². The highest BCUT2D eigenvalue weighted by Crippen LogP contribution is 2.29. The molecule has 7 heteroatoms. The summed E-state index contributed by atoms with van der Waals surface area (Å²) in [6, 6.07) is 5.70. The predicted molar refractivity (Wildman–Crippen MR) is 94.4 cm³/mol. The molecule has 4 heterocycles. The molecule has 1 atom stereocenters. The van der Waals surface area contributed by atoms with E-state index in [2.05, 4.69) is 21.6 Å². The number of aromatic nitrogens is 5. The van der Waals surface area contributed by atoms with Crippen molar-refractivity contribution in [2.24, 2.45) is 0 Å². The second-order valence-corrected chi connectivity index (χ2v) is 6.33. The van der Waals surface area contributed by atoms with E-state index >= 15 is 0 Å². The minimum atomic E-state index is 0.0548. The first-order chi connectivity index (χ1) is 12.2. The van der Waals surface area contributed by atoms with Gasteiger partial charge in [0.25, 0.3) is 5.91 Å². The van der Waals surface area contributed by atoms with Crippen LogP contribution in [-0.4, -0.2) is 48.2 Å². The number of pyridine rings is 1. The van der Waals surface area contributed by atoms with Crippen molar-refractivity contribution in [3.8, 4) is 0 Å². The van der Waals surface area contributed by atoms with Crippen LogP contribution < -0.4 is 0 Å². The zero-order chi connectivity index (χ0) is 17.4. The third-order valence-electron chi connectivity index (χ3n) is 4.93. The number of imidazole rings is 1. The quantitative estimate of drug-likeness (QED) is 0.732. The Hall–Kier alpha value is -2.70. The second kappa shape index (κ2) is 6.31. The Labute approximate surface area is 146 Å². The molecule has 7 nitrogen and oxygen atoms in total. The van der Waals surface area contributed by atoms with Crippen molar-refractivity contribution < 1.29 is 4.79 Å². The molecule has 1 saturated heterocycles. The average Bonchev–Trinajstić information content (AvgIpc) is 3.37. The molecule has 0 saturated carbocycles. The average molecular weight is 338 g/mol. The third kappa shape index (κ3) is 2.59. The fourth-order valence-corrected chi connectivity index (χ4v) is 3.68. The second-order valence-electron chi connectivity index (χ2n) is 6.33. The van der Waals surface area contributed by atoms with Gasteiger partial charge in [-0.3, -0.25) is 9.48 Å². The lowest BCUT2D eigenvalue weighted by Crippen LogP contribution is -2.30. The first-order valence-electron chi connectivity index (χ1n) is 8.85. The lowest BCUT2D eigenvalue weighted by Gasteiger charge is -2.17. The van der Waals surface area contributed by atoms with E-state index in [0.29, 0.717) is 18.8 Å². The van der Waals surface area contributed by atoms with E-state index in [4.69, 9.17) is 4.98 Å². The van der Waals surface area contributed by atoms with Crippen LogP contribution in [0.5, 0.6) is 0 Å². The molecular formula is C18H22N6O. The Balaban J connectivity index is 1.60. The number of carbonyl (C=O) groups is 1. The number of hydrogen-bond donors (Lipinski definition) is 0. The van der Waals surface area contributed by atoms with E-state index < -0.39 is 0 Å². The van der Waals surface area contributed by atoms with Gasteiger partial charge in [0.2, 0.25) is 0 Å². The molecule has 0 radical (unpaired) electrons. The van der Waals surface area contributed by atoms with Gasteiger partial charge in [-0.1, -0.05) is 0 Å². The number of carbonyl (C=O) groups excluding carboxylic acids is 1. The van der Waals surface area contributed by atoms with E-state index in [0.717, 1.165) is 36.5 Å². The Morgan fingerprint density at radius 2 is 2.12 bits per heavy atom. The zero-order valence-corrected chi connectivity index (χ0v) is 14.6. The fourth-order valence-electron chi connectivity index (χ4n) is 3.68. The molecular weight excluding hydrogens is 316 g/mol. The smallest absolute Gasteiger partial charge is 0.272 e. The number of likely N-dealkylation sites (tertiary alicyclic amines) is 1. The van der Waals surface area contributed by atoms with Gasteiger partial charge in [0.05, 0.1) is 0 Å². The Morgan fingerprint density at radius 3 is 2.92 bits per heavy atom. The normalized spacial score (nSPS) is 17.5. The highest BCUT2D eigenvalue weighted by molar-refractivity contribution is 5.92. The lowest BCUT2D eigenvalue weighted by molar-refractivity contribution is 0.0778. The van der Waals surface area contributed by atoms with Crippen LogP contribution in [0.15, 0.2) is 30.6 Å². The van der Waals surface area contributed by atoms with Crippen LogP contribution in [0.1, 0.15) is 42.5 Å². The molecule has 0 aliphatic carbocycles. The SMILES string of the molecule is CCn1nccc1C(=O)N1CC[C@H](c2nc3cccnc3n2CC)C1. The Kier molecular flexibility index (Phi) is 3.99. The molecule has 3 aromatic rings. The monoisotopic (exact) mass is 338 g/mol. The standard InChI is InChI=1S/C18H22N6O/c1-3-23-16(21-14-6-5-9-19-17(14)23)13-8-11-22(12-13)18(25)15-7-10-20-24(15)4-2/h5-7,9-10,13H,3-4,8,11-12H2,1-2H3/t13-/m0/s1. The summed E-state index contributed by atoms with van der Waals surface area (Å²) in [5, 5.41) is 4.20. The van der Waals surface area contributed by atoms with Gasteiger partial charge in [0.1, 0.15) is 17.0 Å². The summed E-state index contributed by atoms with van der Waals surface area (Å²) < 4.78 is 3.92. The summed E-state index contributed by atoms with van der Waals surface area (Å²) in [6.45, 7) is 7.07. The molecule has 4 rings (SSSR count). The maximum atomic E-state index is 12.8. The third-order valence-corrected chi connectivity index (χ3v) is 4.93. The van der Waals surface area contributed by atoms with E-state index in [9.17, 15) is 4.79 Å². The summed E-state index contributed by atoms with van der Waals surface area (Å²) in [6.07, 6.45) is 4.41. The van der Waals surface area contributed by atoms with Crippen LogP contribution in [0.4, 0.5) is 0 Å². The van der Waals surface area contributed by atoms with Gasteiger partial charge in [-0.05, 0) is 38.5 Å². The maximum Gasteiger partial charge on any atom is 0.272 e. The summed E-state index contributed by atoms with van der Waals surface area (Å²) in [5.74, 6) is 1.34. The molecule has 25 heavy (non-hydrogen) atoms. The molecule has 0 N–H and O–H groups in total. The number of fused-ring (bicyclic) bond motifs is 1. The van der Waals surface area contributed by atoms with Crippen molar-refractivity contribution in [1.29, 1.82) is 0 Å². The molecule has 1 fully saturated rings. The molecule has 130 valence electrons. The van der Waals surface area contributed by atoms with Crippen LogP contribution in [0.3, 0.4) is 0 Å².